The van der Waals surface area contributed by atoms with Crippen molar-refractivity contribution in [2.24, 2.45) is 11.8 Å². The summed E-state index contributed by atoms with van der Waals surface area (Å²) >= 11 is 0. The number of rotatable bonds is 6. The number of hydrogen-bond acceptors (Lipinski definition) is 6. The molecule has 3 rings (SSSR count). The molecule has 8 nitrogen and oxygen atoms in total. The Morgan fingerprint density at radius 2 is 2.12 bits per heavy atom. The van der Waals surface area contributed by atoms with Gasteiger partial charge in [0.2, 0.25) is 11.8 Å². The molecule has 3 atom stereocenters. The number of pyridine rings is 1. The van der Waals surface area contributed by atoms with Crippen LogP contribution in [0.2, 0.25) is 0 Å². The standard InChI is InChI=1S/C24H35N3O5/c1-5-6-18-11-20-22(25-12-18)32-21(16(2)13-27(24(20)30)17(3)15-28)14-26(4)23(29)19-7-9-31-10-8-19/h5-6,11-12,16-17,19,21,28H,7-10,13-15H2,1-4H3/b6-5+/t16-,17+,21+/m1/s1. The number of ether oxygens (including phenoxy) is 2. The summed E-state index contributed by atoms with van der Waals surface area (Å²) in [6, 6.07) is 1.43. The van der Waals surface area contributed by atoms with Gasteiger partial charge in [0.05, 0.1) is 19.2 Å². The predicted molar refractivity (Wildman–Crippen MR) is 121 cm³/mol. The van der Waals surface area contributed by atoms with Crippen molar-refractivity contribution in [1.82, 2.24) is 14.8 Å². The first-order valence-corrected chi connectivity index (χ1v) is 11.4. The first-order valence-electron chi connectivity index (χ1n) is 11.4. The number of aliphatic hydroxyl groups excluding tert-OH is 1. The van der Waals surface area contributed by atoms with Crippen LogP contribution in [0.15, 0.2) is 18.3 Å². The van der Waals surface area contributed by atoms with Gasteiger partial charge in [-0.15, -0.1) is 0 Å². The number of carbonyl (C=O) groups is 2. The summed E-state index contributed by atoms with van der Waals surface area (Å²) in [6.45, 7) is 7.63. The third kappa shape index (κ3) is 5.48. The predicted octanol–water partition coefficient (Wildman–Crippen LogP) is 2.22. The molecular weight excluding hydrogens is 410 g/mol. The summed E-state index contributed by atoms with van der Waals surface area (Å²) in [5.74, 6) is 0.0561. The van der Waals surface area contributed by atoms with Gasteiger partial charge >= 0.3 is 0 Å². The maximum Gasteiger partial charge on any atom is 0.259 e. The first-order chi connectivity index (χ1) is 15.3. The van der Waals surface area contributed by atoms with Crippen molar-refractivity contribution in [2.45, 2.75) is 45.8 Å². The molecule has 2 aliphatic heterocycles. The Morgan fingerprint density at radius 3 is 2.78 bits per heavy atom. The van der Waals surface area contributed by atoms with E-state index in [-0.39, 0.29) is 48.3 Å². The maximum atomic E-state index is 13.3. The summed E-state index contributed by atoms with van der Waals surface area (Å²) in [6.07, 6.45) is 6.56. The second kappa shape index (κ2) is 10.9. The summed E-state index contributed by atoms with van der Waals surface area (Å²) in [5.41, 5.74) is 1.17. The fourth-order valence-electron chi connectivity index (χ4n) is 4.24. The molecule has 0 unspecified atom stereocenters. The van der Waals surface area contributed by atoms with Gasteiger partial charge in [0.15, 0.2) is 0 Å². The van der Waals surface area contributed by atoms with E-state index >= 15 is 0 Å². The lowest BCUT2D eigenvalue weighted by Gasteiger charge is -2.38. The van der Waals surface area contributed by atoms with E-state index in [4.69, 9.17) is 9.47 Å². The maximum absolute atomic E-state index is 13.3. The van der Waals surface area contributed by atoms with E-state index in [1.165, 1.54) is 0 Å². The summed E-state index contributed by atoms with van der Waals surface area (Å²) in [5, 5.41) is 9.75. The quantitative estimate of drug-likeness (QED) is 0.722. The average Bonchev–Trinajstić information content (AvgIpc) is 2.81. The van der Waals surface area contributed by atoms with E-state index in [0.717, 1.165) is 18.4 Å². The van der Waals surface area contributed by atoms with Gasteiger partial charge in [0.25, 0.3) is 5.91 Å². The van der Waals surface area contributed by atoms with Crippen LogP contribution in [0.3, 0.4) is 0 Å². The minimum atomic E-state index is -0.344. The number of aromatic nitrogens is 1. The lowest BCUT2D eigenvalue weighted by atomic mass is 9.97. The molecular formula is C24H35N3O5. The number of aliphatic hydroxyl groups is 1. The molecule has 1 N–H and O–H groups in total. The Balaban J connectivity index is 1.88. The Hall–Kier alpha value is -2.45. The first kappa shape index (κ1) is 24.2. The van der Waals surface area contributed by atoms with Crippen LogP contribution in [0.5, 0.6) is 5.88 Å². The molecule has 8 heteroatoms. The number of nitrogens with zero attached hydrogens (tertiary/aromatic N) is 3. The zero-order valence-electron chi connectivity index (χ0n) is 19.5. The van der Waals surface area contributed by atoms with Crippen molar-refractivity contribution in [2.75, 3.05) is 40.0 Å². The fraction of sp³-hybridized carbons (Fsp3) is 0.625. The summed E-state index contributed by atoms with van der Waals surface area (Å²) in [4.78, 5) is 34.1. The Bertz CT molecular complexity index is 837. The number of amides is 2. The second-order valence-electron chi connectivity index (χ2n) is 8.85. The van der Waals surface area contributed by atoms with E-state index in [9.17, 15) is 14.7 Å². The van der Waals surface area contributed by atoms with Crippen molar-refractivity contribution < 1.29 is 24.2 Å². The zero-order chi connectivity index (χ0) is 23.3. The van der Waals surface area contributed by atoms with Gasteiger partial charge in [-0.1, -0.05) is 19.1 Å². The number of carbonyl (C=O) groups excluding carboxylic acids is 2. The van der Waals surface area contributed by atoms with Crippen molar-refractivity contribution >= 4 is 17.9 Å². The van der Waals surface area contributed by atoms with Crippen molar-refractivity contribution in [3.8, 4) is 5.88 Å². The van der Waals surface area contributed by atoms with Crippen LogP contribution in [-0.4, -0.2) is 83.8 Å². The van der Waals surface area contributed by atoms with Gasteiger partial charge in [-0.05, 0) is 38.3 Å². The van der Waals surface area contributed by atoms with E-state index in [2.05, 4.69) is 4.98 Å². The highest BCUT2D eigenvalue weighted by Crippen LogP contribution is 2.28. The van der Waals surface area contributed by atoms with Crippen LogP contribution in [0.1, 0.15) is 49.5 Å². The van der Waals surface area contributed by atoms with E-state index < -0.39 is 0 Å². The van der Waals surface area contributed by atoms with E-state index in [1.807, 2.05) is 32.9 Å². The monoisotopic (exact) mass is 445 g/mol. The fourth-order valence-corrected chi connectivity index (χ4v) is 4.24. The Labute approximate surface area is 190 Å². The van der Waals surface area contributed by atoms with Gasteiger partial charge in [0.1, 0.15) is 11.7 Å². The average molecular weight is 446 g/mol. The Morgan fingerprint density at radius 1 is 1.41 bits per heavy atom. The number of fused-ring (bicyclic) bond motifs is 1. The van der Waals surface area contributed by atoms with Crippen LogP contribution >= 0.6 is 0 Å². The lowest BCUT2D eigenvalue weighted by molar-refractivity contribution is -0.138. The molecule has 176 valence electrons. The second-order valence-corrected chi connectivity index (χ2v) is 8.85. The van der Waals surface area contributed by atoms with Gasteiger partial charge in [0, 0.05) is 44.8 Å². The van der Waals surface area contributed by atoms with Gasteiger partial charge in [-0.2, -0.15) is 0 Å². The molecule has 1 saturated heterocycles. The molecule has 0 saturated carbocycles. The SMILES string of the molecule is C/C=C/c1cnc2c(c1)C(=O)N([C@@H](C)CO)C[C@@H](C)[C@H](CN(C)C(=O)C1CCOCC1)O2. The minimum absolute atomic E-state index is 0.0288. The topological polar surface area (TPSA) is 92.2 Å². The lowest BCUT2D eigenvalue weighted by Crippen LogP contribution is -2.51. The molecule has 0 spiro atoms. The number of hydrogen-bond donors (Lipinski definition) is 1. The van der Waals surface area contributed by atoms with Crippen molar-refractivity contribution in [1.29, 1.82) is 0 Å². The Kier molecular flexibility index (Phi) is 8.26. The van der Waals surface area contributed by atoms with Crippen molar-refractivity contribution in [3.63, 3.8) is 0 Å². The van der Waals surface area contributed by atoms with Crippen LogP contribution in [0.25, 0.3) is 6.08 Å². The molecule has 1 aromatic heterocycles. The van der Waals surface area contributed by atoms with E-state index in [1.54, 1.807) is 29.1 Å². The molecule has 1 aromatic rings. The van der Waals surface area contributed by atoms with Crippen LogP contribution in [0.4, 0.5) is 0 Å². The largest absolute Gasteiger partial charge is 0.472 e. The van der Waals surface area contributed by atoms with Crippen LogP contribution in [0, 0.1) is 11.8 Å². The van der Waals surface area contributed by atoms with Gasteiger partial charge < -0.3 is 24.4 Å². The van der Waals surface area contributed by atoms with E-state index in [0.29, 0.717) is 31.9 Å². The van der Waals surface area contributed by atoms with Gasteiger partial charge in [-0.25, -0.2) is 4.98 Å². The third-order valence-electron chi connectivity index (χ3n) is 6.30. The molecule has 2 amide bonds. The summed E-state index contributed by atoms with van der Waals surface area (Å²) in [7, 11) is 1.80. The molecule has 0 radical (unpaired) electrons. The molecule has 3 heterocycles. The highest BCUT2D eigenvalue weighted by molar-refractivity contribution is 5.97. The van der Waals surface area contributed by atoms with Crippen LogP contribution < -0.4 is 4.74 Å². The minimum Gasteiger partial charge on any atom is -0.472 e. The smallest absolute Gasteiger partial charge is 0.259 e. The molecule has 0 bridgehead atoms. The molecule has 0 aliphatic carbocycles. The normalized spacial score (nSPS) is 23.3. The molecule has 32 heavy (non-hydrogen) atoms. The number of likely N-dealkylation sites (N-methyl/N-ethyl adjacent to an activating group) is 1. The molecule has 1 fully saturated rings. The van der Waals surface area contributed by atoms with Crippen molar-refractivity contribution in [3.05, 3.63) is 29.5 Å². The van der Waals surface area contributed by atoms with Crippen LogP contribution in [-0.2, 0) is 9.53 Å². The molecule has 0 aromatic carbocycles. The summed E-state index contributed by atoms with van der Waals surface area (Å²) < 4.78 is 11.6. The van der Waals surface area contributed by atoms with Gasteiger partial charge in [-0.3, -0.25) is 9.59 Å². The molecule has 2 aliphatic rings. The zero-order valence-corrected chi connectivity index (χ0v) is 19.5. The highest BCUT2D eigenvalue weighted by atomic mass is 16.5. The highest BCUT2D eigenvalue weighted by Gasteiger charge is 2.35. The number of allylic oxidation sites excluding steroid dienone is 1. The third-order valence-corrected chi connectivity index (χ3v) is 6.30.